The molecule has 0 spiro atoms. The van der Waals surface area contributed by atoms with Crippen molar-refractivity contribution in [2.75, 3.05) is 49.3 Å². The number of anilines is 2. The van der Waals surface area contributed by atoms with Crippen LogP contribution in [0, 0.1) is 10.1 Å². The predicted octanol–water partition coefficient (Wildman–Crippen LogP) is 3.52. The minimum absolute atomic E-state index is 0.0353. The number of hydrazone groups is 1. The SMILES string of the molecule is CCN(CC)c1ccc(/C=C2\C(=O)N(c3ccc([N+](=O)[O-])cc3)N=C2N2CCOCC2)cc1. The molecule has 2 heterocycles. The van der Waals surface area contributed by atoms with Crippen LogP contribution in [-0.2, 0) is 9.53 Å². The highest BCUT2D eigenvalue weighted by molar-refractivity contribution is 6.32. The topological polar surface area (TPSA) is 91.5 Å². The molecule has 9 heteroatoms. The summed E-state index contributed by atoms with van der Waals surface area (Å²) in [5.41, 5.74) is 2.98. The van der Waals surface area contributed by atoms with Gasteiger partial charge in [-0.3, -0.25) is 14.9 Å². The zero-order valence-corrected chi connectivity index (χ0v) is 18.8. The Morgan fingerprint density at radius 1 is 1.06 bits per heavy atom. The number of nitro benzene ring substituents is 1. The first kappa shape index (κ1) is 22.5. The second kappa shape index (κ2) is 9.83. The van der Waals surface area contributed by atoms with Crippen LogP contribution in [0.15, 0.2) is 59.2 Å². The van der Waals surface area contributed by atoms with E-state index in [1.807, 2.05) is 23.1 Å². The lowest BCUT2D eigenvalue weighted by atomic mass is 10.1. The Balaban J connectivity index is 1.67. The lowest BCUT2D eigenvalue weighted by Gasteiger charge is -2.28. The Morgan fingerprint density at radius 2 is 1.70 bits per heavy atom. The molecule has 2 aromatic rings. The first-order valence-electron chi connectivity index (χ1n) is 11.1. The fourth-order valence-electron chi connectivity index (χ4n) is 3.97. The van der Waals surface area contributed by atoms with Gasteiger partial charge in [0.15, 0.2) is 5.84 Å². The van der Waals surface area contributed by atoms with Gasteiger partial charge >= 0.3 is 0 Å². The van der Waals surface area contributed by atoms with E-state index in [0.717, 1.165) is 24.3 Å². The highest BCUT2D eigenvalue weighted by atomic mass is 16.6. The number of amides is 1. The number of nitro groups is 1. The number of benzene rings is 2. The smallest absolute Gasteiger partial charge is 0.282 e. The van der Waals surface area contributed by atoms with Crippen molar-refractivity contribution in [3.05, 3.63) is 69.8 Å². The molecule has 0 aromatic heterocycles. The van der Waals surface area contributed by atoms with Gasteiger partial charge in [0.1, 0.15) is 0 Å². The number of carbonyl (C=O) groups is 1. The van der Waals surface area contributed by atoms with E-state index in [1.54, 1.807) is 0 Å². The van der Waals surface area contributed by atoms with Crippen LogP contribution in [0.5, 0.6) is 0 Å². The van der Waals surface area contributed by atoms with Gasteiger partial charge in [-0.05, 0) is 49.8 Å². The van der Waals surface area contributed by atoms with Gasteiger partial charge in [0.05, 0.1) is 29.4 Å². The van der Waals surface area contributed by atoms with Crippen molar-refractivity contribution < 1.29 is 14.5 Å². The number of ether oxygens (including phenoxy) is 1. The molecule has 2 aliphatic rings. The standard InChI is InChI=1S/C24H27N5O4/c1-3-26(4-2)19-7-5-18(6-8-19)17-22-23(27-13-15-33-16-14-27)25-28(24(22)30)20-9-11-21(12-10-20)29(31)32/h5-12,17H,3-4,13-16H2,1-2H3/b22-17-. The summed E-state index contributed by atoms with van der Waals surface area (Å²) < 4.78 is 5.46. The van der Waals surface area contributed by atoms with Crippen molar-refractivity contribution in [1.29, 1.82) is 0 Å². The van der Waals surface area contributed by atoms with Crippen LogP contribution < -0.4 is 9.91 Å². The number of hydrogen-bond acceptors (Lipinski definition) is 7. The second-order valence-electron chi connectivity index (χ2n) is 7.74. The maximum absolute atomic E-state index is 13.4. The van der Waals surface area contributed by atoms with Crippen LogP contribution in [0.4, 0.5) is 17.1 Å². The first-order chi connectivity index (χ1) is 16.0. The Morgan fingerprint density at radius 3 is 2.27 bits per heavy atom. The highest BCUT2D eigenvalue weighted by Gasteiger charge is 2.35. The zero-order chi connectivity index (χ0) is 23.4. The molecule has 33 heavy (non-hydrogen) atoms. The number of morpholine rings is 1. The van der Waals surface area contributed by atoms with Crippen LogP contribution in [0.3, 0.4) is 0 Å². The molecule has 1 saturated heterocycles. The minimum atomic E-state index is -0.467. The van der Waals surface area contributed by atoms with Gasteiger partial charge in [-0.25, -0.2) is 0 Å². The third-order valence-corrected chi connectivity index (χ3v) is 5.81. The third kappa shape index (κ3) is 4.73. The second-order valence-corrected chi connectivity index (χ2v) is 7.74. The first-order valence-corrected chi connectivity index (χ1v) is 11.1. The summed E-state index contributed by atoms with van der Waals surface area (Å²) in [5.74, 6) is 0.327. The molecule has 0 N–H and O–H groups in total. The zero-order valence-electron chi connectivity index (χ0n) is 18.8. The van der Waals surface area contributed by atoms with E-state index in [1.165, 1.54) is 29.3 Å². The summed E-state index contributed by atoms with van der Waals surface area (Å²) in [6.45, 7) is 8.49. The third-order valence-electron chi connectivity index (χ3n) is 5.81. The number of nitrogens with zero attached hydrogens (tertiary/aromatic N) is 5. The molecule has 2 aliphatic heterocycles. The molecule has 172 valence electrons. The average molecular weight is 450 g/mol. The lowest BCUT2D eigenvalue weighted by Crippen LogP contribution is -2.41. The van der Waals surface area contributed by atoms with Crippen molar-refractivity contribution in [3.8, 4) is 0 Å². The molecule has 4 rings (SSSR count). The molecular formula is C24H27N5O4. The average Bonchev–Trinajstić information content (AvgIpc) is 3.17. The molecule has 0 aliphatic carbocycles. The Labute approximate surface area is 192 Å². The quantitative estimate of drug-likeness (QED) is 0.381. The molecule has 0 radical (unpaired) electrons. The van der Waals surface area contributed by atoms with Gasteiger partial charge in [-0.1, -0.05) is 12.1 Å². The van der Waals surface area contributed by atoms with Gasteiger partial charge in [0.25, 0.3) is 11.6 Å². The summed E-state index contributed by atoms with van der Waals surface area (Å²) in [6, 6.07) is 13.9. The largest absolute Gasteiger partial charge is 0.378 e. The molecule has 0 unspecified atom stereocenters. The summed E-state index contributed by atoms with van der Waals surface area (Å²) in [7, 11) is 0. The number of hydrogen-bond donors (Lipinski definition) is 0. The molecule has 1 fully saturated rings. The minimum Gasteiger partial charge on any atom is -0.378 e. The normalized spacial score (nSPS) is 17.5. The molecule has 0 saturated carbocycles. The monoisotopic (exact) mass is 449 g/mol. The molecular weight excluding hydrogens is 422 g/mol. The fourth-order valence-corrected chi connectivity index (χ4v) is 3.97. The van der Waals surface area contributed by atoms with Crippen LogP contribution in [0.1, 0.15) is 19.4 Å². The van der Waals surface area contributed by atoms with Crippen molar-refractivity contribution >= 4 is 34.9 Å². The van der Waals surface area contributed by atoms with E-state index >= 15 is 0 Å². The summed E-state index contributed by atoms with van der Waals surface area (Å²) in [4.78, 5) is 28.2. The summed E-state index contributed by atoms with van der Waals surface area (Å²) in [6.07, 6.45) is 1.86. The van der Waals surface area contributed by atoms with E-state index in [9.17, 15) is 14.9 Å². The molecule has 0 atom stereocenters. The maximum atomic E-state index is 13.4. The van der Waals surface area contributed by atoms with Crippen LogP contribution in [0.2, 0.25) is 0 Å². The van der Waals surface area contributed by atoms with E-state index in [0.29, 0.717) is 43.4 Å². The van der Waals surface area contributed by atoms with Crippen molar-refractivity contribution in [2.45, 2.75) is 13.8 Å². The van der Waals surface area contributed by atoms with Crippen molar-refractivity contribution in [1.82, 2.24) is 4.90 Å². The fraction of sp³-hybridized carbons (Fsp3) is 0.333. The van der Waals surface area contributed by atoms with E-state index < -0.39 is 4.92 Å². The van der Waals surface area contributed by atoms with Crippen molar-refractivity contribution in [3.63, 3.8) is 0 Å². The molecule has 9 nitrogen and oxygen atoms in total. The Hall–Kier alpha value is -3.72. The Kier molecular flexibility index (Phi) is 6.69. The Bertz CT molecular complexity index is 1070. The number of rotatable bonds is 6. The van der Waals surface area contributed by atoms with E-state index in [-0.39, 0.29) is 11.6 Å². The van der Waals surface area contributed by atoms with Gasteiger partial charge in [0, 0.05) is 44.0 Å². The molecule has 0 bridgehead atoms. The van der Waals surface area contributed by atoms with Gasteiger partial charge < -0.3 is 14.5 Å². The summed E-state index contributed by atoms with van der Waals surface area (Å²) >= 11 is 0. The lowest BCUT2D eigenvalue weighted by molar-refractivity contribution is -0.384. The predicted molar refractivity (Wildman–Crippen MR) is 128 cm³/mol. The van der Waals surface area contributed by atoms with Gasteiger partial charge in [-0.15, -0.1) is 5.10 Å². The maximum Gasteiger partial charge on any atom is 0.282 e. The highest BCUT2D eigenvalue weighted by Crippen LogP contribution is 2.28. The number of amidine groups is 1. The van der Waals surface area contributed by atoms with E-state index in [4.69, 9.17) is 4.74 Å². The molecule has 2 aromatic carbocycles. The van der Waals surface area contributed by atoms with Crippen molar-refractivity contribution in [2.24, 2.45) is 5.10 Å². The summed E-state index contributed by atoms with van der Waals surface area (Å²) in [5, 5.41) is 16.9. The van der Waals surface area contributed by atoms with Crippen LogP contribution >= 0.6 is 0 Å². The number of non-ortho nitro benzene ring substituents is 1. The van der Waals surface area contributed by atoms with E-state index in [2.05, 4.69) is 36.0 Å². The van der Waals surface area contributed by atoms with Crippen LogP contribution in [-0.4, -0.2) is 61.0 Å². The van der Waals surface area contributed by atoms with Gasteiger partial charge in [-0.2, -0.15) is 5.01 Å². The molecule has 1 amide bonds. The number of carbonyl (C=O) groups excluding carboxylic acids is 1. The van der Waals surface area contributed by atoms with Gasteiger partial charge in [0.2, 0.25) is 0 Å². The van der Waals surface area contributed by atoms with Crippen LogP contribution in [0.25, 0.3) is 6.08 Å².